The lowest BCUT2D eigenvalue weighted by Gasteiger charge is -2.23. The van der Waals surface area contributed by atoms with Crippen LogP contribution in [0.2, 0.25) is 0 Å². The maximum atomic E-state index is 5.46. The van der Waals surface area contributed by atoms with Gasteiger partial charge in [0.2, 0.25) is 0 Å². The second kappa shape index (κ2) is 6.23. The first kappa shape index (κ1) is 12.7. The van der Waals surface area contributed by atoms with Crippen molar-refractivity contribution in [3.63, 3.8) is 0 Å². The van der Waals surface area contributed by atoms with Crippen LogP contribution in [-0.2, 0) is 9.47 Å². The van der Waals surface area contributed by atoms with Crippen molar-refractivity contribution in [2.45, 2.75) is 12.5 Å². The molecule has 94 valence electrons. The molecule has 5 heteroatoms. The number of anilines is 1. The predicted molar refractivity (Wildman–Crippen MR) is 69.5 cm³/mol. The van der Waals surface area contributed by atoms with Gasteiger partial charge in [-0.1, -0.05) is 0 Å². The molecule has 1 aliphatic rings. The molecular weight excluding hydrogens is 286 g/mol. The molecule has 0 spiro atoms. The van der Waals surface area contributed by atoms with Crippen molar-refractivity contribution >= 4 is 21.6 Å². The van der Waals surface area contributed by atoms with E-state index in [2.05, 4.69) is 21.2 Å². The first-order chi connectivity index (χ1) is 8.29. The fourth-order valence-electron chi connectivity index (χ4n) is 1.65. The van der Waals surface area contributed by atoms with Crippen molar-refractivity contribution in [1.82, 2.24) is 0 Å². The molecule has 1 saturated heterocycles. The predicted octanol–water partition coefficient (Wildman–Crippen LogP) is 2.63. The fourth-order valence-corrected chi connectivity index (χ4v) is 2.04. The average Bonchev–Trinajstić information content (AvgIpc) is 2.39. The van der Waals surface area contributed by atoms with Gasteiger partial charge < -0.3 is 19.5 Å². The van der Waals surface area contributed by atoms with Gasteiger partial charge in [0, 0.05) is 17.1 Å². The normalized spacial score (nSPS) is 20.0. The van der Waals surface area contributed by atoms with Crippen LogP contribution >= 0.6 is 15.9 Å². The minimum atomic E-state index is 0.210. The Bertz CT molecular complexity index is 367. The number of hydrogen-bond donors (Lipinski definition) is 1. The zero-order valence-corrected chi connectivity index (χ0v) is 11.3. The van der Waals surface area contributed by atoms with Gasteiger partial charge in [0.05, 0.1) is 25.5 Å². The van der Waals surface area contributed by atoms with Gasteiger partial charge >= 0.3 is 0 Å². The zero-order chi connectivity index (χ0) is 12.1. The summed E-state index contributed by atoms with van der Waals surface area (Å²) in [5.74, 6) is 0.837. The third kappa shape index (κ3) is 3.59. The molecule has 0 radical (unpaired) electrons. The number of benzene rings is 1. The van der Waals surface area contributed by atoms with E-state index in [4.69, 9.17) is 14.2 Å². The van der Waals surface area contributed by atoms with Gasteiger partial charge in [0.25, 0.3) is 0 Å². The molecule has 1 aromatic carbocycles. The van der Waals surface area contributed by atoms with Crippen LogP contribution in [0.5, 0.6) is 5.75 Å². The van der Waals surface area contributed by atoms with Crippen molar-refractivity contribution in [3.05, 3.63) is 22.7 Å². The van der Waals surface area contributed by atoms with E-state index in [9.17, 15) is 0 Å². The van der Waals surface area contributed by atoms with Crippen LogP contribution in [-0.4, -0.2) is 33.2 Å². The van der Waals surface area contributed by atoms with Crippen LogP contribution in [0.15, 0.2) is 22.7 Å². The first-order valence-corrected chi connectivity index (χ1v) is 6.35. The molecule has 1 fully saturated rings. The molecule has 1 N–H and O–H groups in total. The summed E-state index contributed by atoms with van der Waals surface area (Å²) in [5.41, 5.74) is 1.01. The van der Waals surface area contributed by atoms with E-state index in [1.54, 1.807) is 7.11 Å². The molecule has 1 atom stereocenters. The van der Waals surface area contributed by atoms with E-state index in [-0.39, 0.29) is 6.10 Å². The smallest absolute Gasteiger partial charge is 0.147 e. The van der Waals surface area contributed by atoms with Gasteiger partial charge in [0.15, 0.2) is 0 Å². The lowest BCUT2D eigenvalue weighted by atomic mass is 10.2. The Morgan fingerprint density at radius 2 is 2.41 bits per heavy atom. The van der Waals surface area contributed by atoms with E-state index in [0.717, 1.165) is 35.5 Å². The van der Waals surface area contributed by atoms with Crippen molar-refractivity contribution < 1.29 is 14.2 Å². The van der Waals surface area contributed by atoms with Crippen LogP contribution in [0.4, 0.5) is 5.69 Å². The van der Waals surface area contributed by atoms with Crippen LogP contribution in [0.25, 0.3) is 0 Å². The highest BCUT2D eigenvalue weighted by molar-refractivity contribution is 9.10. The maximum absolute atomic E-state index is 5.46. The summed E-state index contributed by atoms with van der Waals surface area (Å²) in [6, 6.07) is 5.84. The SMILES string of the molecule is COc1ccc(Br)c(NCC2CCOCO2)c1. The molecule has 0 aromatic heterocycles. The van der Waals surface area contributed by atoms with Gasteiger partial charge in [-0.25, -0.2) is 0 Å². The molecule has 0 saturated carbocycles. The Kier molecular flexibility index (Phi) is 4.65. The molecular formula is C12H16BrNO3. The van der Waals surface area contributed by atoms with Gasteiger partial charge in [-0.05, 0) is 34.5 Å². The topological polar surface area (TPSA) is 39.7 Å². The standard InChI is InChI=1S/C12H16BrNO3/c1-15-9-2-3-11(13)12(6-9)14-7-10-4-5-16-8-17-10/h2-3,6,10,14H,4-5,7-8H2,1H3. The summed E-state index contributed by atoms with van der Waals surface area (Å²) >= 11 is 3.50. The average molecular weight is 302 g/mol. The third-order valence-electron chi connectivity index (χ3n) is 2.66. The number of halogens is 1. The molecule has 0 aliphatic carbocycles. The van der Waals surface area contributed by atoms with Crippen molar-refractivity contribution in [1.29, 1.82) is 0 Å². The molecule has 4 nitrogen and oxygen atoms in total. The van der Waals surface area contributed by atoms with Gasteiger partial charge in [-0.3, -0.25) is 0 Å². The zero-order valence-electron chi connectivity index (χ0n) is 9.74. The second-order valence-electron chi connectivity index (χ2n) is 3.83. The number of rotatable bonds is 4. The minimum Gasteiger partial charge on any atom is -0.497 e. The molecule has 0 bridgehead atoms. The van der Waals surface area contributed by atoms with Crippen molar-refractivity contribution in [2.75, 3.05) is 32.4 Å². The number of nitrogens with one attached hydrogen (secondary N) is 1. The van der Waals surface area contributed by atoms with E-state index < -0.39 is 0 Å². The van der Waals surface area contributed by atoms with E-state index >= 15 is 0 Å². The van der Waals surface area contributed by atoms with Crippen LogP contribution in [0.3, 0.4) is 0 Å². The Morgan fingerprint density at radius 3 is 3.12 bits per heavy atom. The van der Waals surface area contributed by atoms with Crippen LogP contribution < -0.4 is 10.1 Å². The number of methoxy groups -OCH3 is 1. The Labute approximate surface area is 109 Å². The summed E-state index contributed by atoms with van der Waals surface area (Å²) in [6.07, 6.45) is 1.14. The minimum absolute atomic E-state index is 0.210. The Hall–Kier alpha value is -0.780. The Morgan fingerprint density at radius 1 is 1.53 bits per heavy atom. The van der Waals surface area contributed by atoms with Crippen molar-refractivity contribution in [2.24, 2.45) is 0 Å². The van der Waals surface area contributed by atoms with Gasteiger partial charge in [0.1, 0.15) is 12.5 Å². The molecule has 0 amide bonds. The molecule has 17 heavy (non-hydrogen) atoms. The van der Waals surface area contributed by atoms with Gasteiger partial charge in [-0.2, -0.15) is 0 Å². The van der Waals surface area contributed by atoms with E-state index in [1.807, 2.05) is 18.2 Å². The quantitative estimate of drug-likeness (QED) is 0.928. The summed E-state index contributed by atoms with van der Waals surface area (Å²) in [4.78, 5) is 0. The Balaban J connectivity index is 1.92. The molecule has 1 unspecified atom stereocenters. The maximum Gasteiger partial charge on any atom is 0.147 e. The summed E-state index contributed by atoms with van der Waals surface area (Å²) in [5, 5.41) is 3.35. The summed E-state index contributed by atoms with van der Waals surface area (Å²) in [7, 11) is 1.66. The molecule has 1 aliphatic heterocycles. The molecule has 1 heterocycles. The number of ether oxygens (including phenoxy) is 3. The highest BCUT2D eigenvalue weighted by atomic mass is 79.9. The van der Waals surface area contributed by atoms with Crippen molar-refractivity contribution in [3.8, 4) is 5.75 Å². The number of hydrogen-bond acceptors (Lipinski definition) is 4. The molecule has 1 aromatic rings. The second-order valence-corrected chi connectivity index (χ2v) is 4.68. The van der Waals surface area contributed by atoms with Crippen LogP contribution in [0.1, 0.15) is 6.42 Å². The van der Waals surface area contributed by atoms with Gasteiger partial charge in [-0.15, -0.1) is 0 Å². The first-order valence-electron chi connectivity index (χ1n) is 5.56. The van der Waals surface area contributed by atoms with E-state index in [0.29, 0.717) is 6.79 Å². The fraction of sp³-hybridized carbons (Fsp3) is 0.500. The summed E-state index contributed by atoms with van der Waals surface area (Å²) in [6.45, 7) is 1.94. The highest BCUT2D eigenvalue weighted by Gasteiger charge is 2.14. The lowest BCUT2D eigenvalue weighted by molar-refractivity contribution is -0.133. The third-order valence-corrected chi connectivity index (χ3v) is 3.36. The monoisotopic (exact) mass is 301 g/mol. The molecule has 2 rings (SSSR count). The largest absolute Gasteiger partial charge is 0.497 e. The summed E-state index contributed by atoms with van der Waals surface area (Å²) < 4.78 is 16.8. The van der Waals surface area contributed by atoms with E-state index in [1.165, 1.54) is 0 Å². The highest BCUT2D eigenvalue weighted by Crippen LogP contribution is 2.27. The lowest BCUT2D eigenvalue weighted by Crippen LogP contribution is -2.30. The van der Waals surface area contributed by atoms with Crippen LogP contribution in [0, 0.1) is 0 Å².